The van der Waals surface area contributed by atoms with Crippen molar-refractivity contribution in [2.24, 2.45) is 0 Å². The number of hydrogen-bond acceptors (Lipinski definition) is 4. The maximum atomic E-state index is 13.5. The summed E-state index contributed by atoms with van der Waals surface area (Å²) in [5, 5.41) is 14.1. The Morgan fingerprint density at radius 3 is 2.77 bits per heavy atom. The zero-order valence-corrected chi connectivity index (χ0v) is 11.6. The topological polar surface area (TPSA) is 72.5 Å². The number of hydrogen-bond donors (Lipinski definition) is 1. The summed E-state index contributed by atoms with van der Waals surface area (Å²) in [6.45, 7) is 0.353. The van der Waals surface area contributed by atoms with Crippen LogP contribution in [-0.4, -0.2) is 20.9 Å². The summed E-state index contributed by atoms with van der Waals surface area (Å²) >= 11 is 0. The number of anilines is 1. The monoisotopic (exact) mass is 300 g/mol. The van der Waals surface area contributed by atoms with Crippen molar-refractivity contribution in [3.8, 4) is 0 Å². The van der Waals surface area contributed by atoms with E-state index in [0.29, 0.717) is 24.2 Å². The van der Waals surface area contributed by atoms with Crippen molar-refractivity contribution in [2.75, 3.05) is 11.9 Å². The van der Waals surface area contributed by atoms with Crippen molar-refractivity contribution in [1.82, 2.24) is 9.38 Å². The van der Waals surface area contributed by atoms with Gasteiger partial charge in [-0.2, -0.15) is 9.38 Å². The van der Waals surface area contributed by atoms with E-state index < -0.39 is 4.92 Å². The number of rotatable bonds is 5. The van der Waals surface area contributed by atoms with Crippen LogP contribution in [0, 0.1) is 15.9 Å². The lowest BCUT2D eigenvalue weighted by atomic mass is 10.1. The van der Waals surface area contributed by atoms with Gasteiger partial charge in [0, 0.05) is 12.6 Å². The molecule has 2 aromatic heterocycles. The molecular formula is C15H13FN4O2. The first kappa shape index (κ1) is 14.0. The normalized spacial score (nSPS) is 10.8. The van der Waals surface area contributed by atoms with Gasteiger partial charge in [-0.05, 0) is 29.0 Å². The summed E-state index contributed by atoms with van der Waals surface area (Å²) in [5.74, 6) is -0.217. The average Bonchev–Trinajstić information content (AvgIpc) is 2.87. The number of aromatic nitrogens is 2. The highest BCUT2D eigenvalue weighted by atomic mass is 19.1. The van der Waals surface area contributed by atoms with Gasteiger partial charge in [-0.3, -0.25) is 0 Å². The van der Waals surface area contributed by atoms with Crippen LogP contribution in [0.2, 0.25) is 0 Å². The van der Waals surface area contributed by atoms with E-state index in [9.17, 15) is 14.5 Å². The van der Waals surface area contributed by atoms with E-state index in [2.05, 4.69) is 10.3 Å². The van der Waals surface area contributed by atoms with Crippen LogP contribution in [-0.2, 0) is 6.42 Å². The van der Waals surface area contributed by atoms with Crippen molar-refractivity contribution < 1.29 is 9.31 Å². The minimum absolute atomic E-state index is 0.121. The first-order chi connectivity index (χ1) is 10.7. The first-order valence-electron chi connectivity index (χ1n) is 6.75. The number of nitro groups is 1. The molecule has 22 heavy (non-hydrogen) atoms. The van der Waals surface area contributed by atoms with Gasteiger partial charge in [0.2, 0.25) is 11.5 Å². The maximum Gasteiger partial charge on any atom is 0.372 e. The van der Waals surface area contributed by atoms with Crippen molar-refractivity contribution in [1.29, 1.82) is 0 Å². The Kier molecular flexibility index (Phi) is 3.69. The molecule has 112 valence electrons. The Balaban J connectivity index is 1.81. The van der Waals surface area contributed by atoms with E-state index in [1.165, 1.54) is 10.5 Å². The van der Waals surface area contributed by atoms with E-state index >= 15 is 0 Å². The van der Waals surface area contributed by atoms with E-state index in [-0.39, 0.29) is 17.5 Å². The molecule has 3 rings (SSSR count). The second-order valence-electron chi connectivity index (χ2n) is 4.74. The van der Waals surface area contributed by atoms with E-state index in [1.54, 1.807) is 42.6 Å². The summed E-state index contributed by atoms with van der Waals surface area (Å²) < 4.78 is 14.9. The molecule has 7 heteroatoms. The fraction of sp³-hybridized carbons (Fsp3) is 0.133. The molecule has 0 saturated carbocycles. The molecule has 0 bridgehead atoms. The SMILES string of the molecule is O=[N+]([O-])c1c(NCCc2ccccc2F)nc2ccccn12. The molecule has 0 unspecified atom stereocenters. The summed E-state index contributed by atoms with van der Waals surface area (Å²) in [5.41, 5.74) is 1.05. The van der Waals surface area contributed by atoms with Gasteiger partial charge in [0.1, 0.15) is 5.82 Å². The van der Waals surface area contributed by atoms with E-state index in [4.69, 9.17) is 0 Å². The van der Waals surface area contributed by atoms with Crippen LogP contribution in [0.1, 0.15) is 5.56 Å². The molecule has 0 fully saturated rings. The van der Waals surface area contributed by atoms with Crippen LogP contribution in [0.15, 0.2) is 48.7 Å². The number of nitrogens with zero attached hydrogens (tertiary/aromatic N) is 3. The van der Waals surface area contributed by atoms with Crippen molar-refractivity contribution in [3.05, 3.63) is 70.2 Å². The van der Waals surface area contributed by atoms with Crippen molar-refractivity contribution in [3.63, 3.8) is 0 Å². The molecule has 0 atom stereocenters. The molecule has 0 amide bonds. The van der Waals surface area contributed by atoms with Crippen LogP contribution in [0.4, 0.5) is 16.0 Å². The number of pyridine rings is 1. The van der Waals surface area contributed by atoms with Gasteiger partial charge in [-0.1, -0.05) is 24.3 Å². The molecule has 3 aromatic rings. The highest BCUT2D eigenvalue weighted by molar-refractivity contribution is 5.62. The molecule has 1 aromatic carbocycles. The van der Waals surface area contributed by atoms with Gasteiger partial charge >= 0.3 is 5.82 Å². The molecule has 2 heterocycles. The summed E-state index contributed by atoms with van der Waals surface area (Å²) in [4.78, 5) is 15.0. The van der Waals surface area contributed by atoms with Gasteiger partial charge in [-0.15, -0.1) is 0 Å². The van der Waals surface area contributed by atoms with E-state index in [0.717, 1.165) is 0 Å². The highest BCUT2D eigenvalue weighted by Crippen LogP contribution is 2.25. The molecule has 0 aliphatic heterocycles. The zero-order valence-electron chi connectivity index (χ0n) is 11.6. The molecule has 0 saturated heterocycles. The standard InChI is InChI=1S/C15H13FN4O2/c16-12-6-2-1-5-11(12)8-9-17-14-15(20(21)22)19-10-4-3-7-13(19)18-14/h1-7,10,17H,8-9H2. The second-order valence-corrected chi connectivity index (χ2v) is 4.74. The lowest BCUT2D eigenvalue weighted by Gasteiger charge is -2.04. The summed E-state index contributed by atoms with van der Waals surface area (Å²) in [7, 11) is 0. The maximum absolute atomic E-state index is 13.5. The number of imidazole rings is 1. The number of fused-ring (bicyclic) bond motifs is 1. The smallest absolute Gasteiger partial charge is 0.363 e. The largest absolute Gasteiger partial charge is 0.372 e. The Hall–Kier alpha value is -2.96. The van der Waals surface area contributed by atoms with Gasteiger partial charge in [0.15, 0.2) is 0 Å². The molecule has 6 nitrogen and oxygen atoms in total. The fourth-order valence-corrected chi connectivity index (χ4v) is 2.29. The lowest BCUT2D eigenvalue weighted by Crippen LogP contribution is -2.08. The van der Waals surface area contributed by atoms with Gasteiger partial charge in [0.05, 0.1) is 6.20 Å². The Morgan fingerprint density at radius 1 is 1.23 bits per heavy atom. The summed E-state index contributed by atoms with van der Waals surface area (Å²) in [6.07, 6.45) is 2.00. The zero-order chi connectivity index (χ0) is 15.5. The molecular weight excluding hydrogens is 287 g/mol. The minimum atomic E-state index is -0.481. The quantitative estimate of drug-likeness (QED) is 0.580. The van der Waals surface area contributed by atoms with Crippen LogP contribution in [0.5, 0.6) is 0 Å². The second kappa shape index (κ2) is 5.80. The average molecular weight is 300 g/mol. The predicted octanol–water partition coefficient (Wildman–Crippen LogP) is 3.04. The van der Waals surface area contributed by atoms with Crippen LogP contribution >= 0.6 is 0 Å². The van der Waals surface area contributed by atoms with Crippen molar-refractivity contribution in [2.45, 2.75) is 6.42 Å². The molecule has 0 aliphatic rings. The number of nitrogens with one attached hydrogen (secondary N) is 1. The molecule has 0 radical (unpaired) electrons. The highest BCUT2D eigenvalue weighted by Gasteiger charge is 2.21. The minimum Gasteiger partial charge on any atom is -0.363 e. The number of halogens is 1. The van der Waals surface area contributed by atoms with Crippen LogP contribution < -0.4 is 5.32 Å². The third-order valence-corrected chi connectivity index (χ3v) is 3.32. The Morgan fingerprint density at radius 2 is 2.00 bits per heavy atom. The van der Waals surface area contributed by atoms with Gasteiger partial charge in [-0.25, -0.2) is 4.39 Å². The van der Waals surface area contributed by atoms with Crippen LogP contribution in [0.3, 0.4) is 0 Å². The number of benzene rings is 1. The van der Waals surface area contributed by atoms with Crippen molar-refractivity contribution >= 4 is 17.3 Å². The van der Waals surface area contributed by atoms with Crippen LogP contribution in [0.25, 0.3) is 5.65 Å². The third-order valence-electron chi connectivity index (χ3n) is 3.32. The first-order valence-corrected chi connectivity index (χ1v) is 6.75. The molecule has 0 spiro atoms. The van der Waals surface area contributed by atoms with E-state index in [1.807, 2.05) is 0 Å². The van der Waals surface area contributed by atoms with Gasteiger partial charge < -0.3 is 15.4 Å². The molecule has 1 N–H and O–H groups in total. The Bertz CT molecular complexity index is 831. The van der Waals surface area contributed by atoms with Gasteiger partial charge in [0.25, 0.3) is 0 Å². The third kappa shape index (κ3) is 2.60. The Labute approximate surface area is 125 Å². The predicted molar refractivity (Wildman–Crippen MR) is 80.4 cm³/mol. The fourth-order valence-electron chi connectivity index (χ4n) is 2.29. The summed E-state index contributed by atoms with van der Waals surface area (Å²) in [6, 6.07) is 11.6. The molecule has 0 aliphatic carbocycles. The lowest BCUT2D eigenvalue weighted by molar-refractivity contribution is -0.389.